The maximum absolute atomic E-state index is 12.9. The van der Waals surface area contributed by atoms with Gasteiger partial charge in [-0.2, -0.15) is 0 Å². The summed E-state index contributed by atoms with van der Waals surface area (Å²) in [6, 6.07) is 14.3. The summed E-state index contributed by atoms with van der Waals surface area (Å²) in [7, 11) is 0. The average molecular weight is 437 g/mol. The zero-order chi connectivity index (χ0) is 22.9. The third-order valence-corrected chi connectivity index (χ3v) is 5.25. The second-order valence-corrected chi connectivity index (χ2v) is 7.47. The van der Waals surface area contributed by atoms with Crippen molar-refractivity contribution >= 4 is 24.0 Å². The minimum Gasteiger partial charge on any atom is -0.434 e. The highest BCUT2D eigenvalue weighted by molar-refractivity contribution is 5.95. The molecule has 0 bridgehead atoms. The van der Waals surface area contributed by atoms with E-state index in [1.807, 2.05) is 37.3 Å². The van der Waals surface area contributed by atoms with Gasteiger partial charge < -0.3 is 19.3 Å². The van der Waals surface area contributed by atoms with Crippen LogP contribution in [0.5, 0.6) is 5.75 Å². The summed E-state index contributed by atoms with van der Waals surface area (Å²) in [5.41, 5.74) is 2.63. The number of carbonyl (C=O) groups is 3. The number of nitrogens with zero attached hydrogens (tertiary/aromatic N) is 2. The highest BCUT2D eigenvalue weighted by atomic mass is 16.7. The van der Waals surface area contributed by atoms with Crippen LogP contribution in [0.4, 0.5) is 4.79 Å². The molecule has 168 valence electrons. The Hall–Kier alpha value is -3.61. The first-order valence-corrected chi connectivity index (χ1v) is 10.7. The highest BCUT2D eigenvalue weighted by Crippen LogP contribution is 2.16. The van der Waals surface area contributed by atoms with Gasteiger partial charge in [0.1, 0.15) is 5.75 Å². The number of ether oxygens (including phenoxy) is 2. The SMILES string of the molecule is CCOC(=O)Oc1ccc(C(=O)N2CCCN(C(=O)/C=C/c3ccccc3C)CC2)cc1. The normalized spacial score (nSPS) is 14.2. The van der Waals surface area contributed by atoms with Gasteiger partial charge in [0.25, 0.3) is 5.91 Å². The van der Waals surface area contributed by atoms with Crippen molar-refractivity contribution < 1.29 is 23.9 Å². The van der Waals surface area contributed by atoms with E-state index < -0.39 is 6.16 Å². The Kier molecular flexibility index (Phi) is 8.02. The molecule has 2 amide bonds. The van der Waals surface area contributed by atoms with Crippen molar-refractivity contribution in [1.82, 2.24) is 9.80 Å². The predicted molar refractivity (Wildman–Crippen MR) is 121 cm³/mol. The lowest BCUT2D eigenvalue weighted by atomic mass is 10.1. The zero-order valence-corrected chi connectivity index (χ0v) is 18.5. The Balaban J connectivity index is 1.56. The van der Waals surface area contributed by atoms with E-state index in [-0.39, 0.29) is 18.4 Å². The Morgan fingerprint density at radius 3 is 2.34 bits per heavy atom. The Bertz CT molecular complexity index is 984. The molecule has 2 aromatic rings. The fourth-order valence-electron chi connectivity index (χ4n) is 3.47. The second-order valence-electron chi connectivity index (χ2n) is 7.47. The zero-order valence-electron chi connectivity index (χ0n) is 18.5. The molecule has 7 heteroatoms. The third kappa shape index (κ3) is 6.20. The van der Waals surface area contributed by atoms with Gasteiger partial charge in [-0.3, -0.25) is 9.59 Å². The molecule has 1 heterocycles. The van der Waals surface area contributed by atoms with Crippen LogP contribution in [0.25, 0.3) is 6.08 Å². The van der Waals surface area contributed by atoms with Crippen LogP contribution in [0.3, 0.4) is 0 Å². The fraction of sp³-hybridized carbons (Fsp3) is 0.320. The number of benzene rings is 2. The van der Waals surface area contributed by atoms with E-state index in [9.17, 15) is 14.4 Å². The summed E-state index contributed by atoms with van der Waals surface area (Å²) in [6.45, 7) is 6.05. The van der Waals surface area contributed by atoms with Gasteiger partial charge in [0.05, 0.1) is 6.61 Å². The Morgan fingerprint density at radius 2 is 1.62 bits per heavy atom. The largest absolute Gasteiger partial charge is 0.513 e. The van der Waals surface area contributed by atoms with E-state index >= 15 is 0 Å². The molecule has 0 aromatic heterocycles. The van der Waals surface area contributed by atoms with Crippen molar-refractivity contribution in [2.45, 2.75) is 20.3 Å². The number of aryl methyl sites for hydroxylation is 1. The molecular weight excluding hydrogens is 408 g/mol. The number of hydrogen-bond donors (Lipinski definition) is 0. The van der Waals surface area contributed by atoms with E-state index in [1.165, 1.54) is 0 Å². The second kappa shape index (κ2) is 11.1. The fourth-order valence-corrected chi connectivity index (χ4v) is 3.47. The van der Waals surface area contributed by atoms with Gasteiger partial charge in [-0.25, -0.2) is 4.79 Å². The summed E-state index contributed by atoms with van der Waals surface area (Å²) in [5, 5.41) is 0. The molecule has 32 heavy (non-hydrogen) atoms. The first-order chi connectivity index (χ1) is 15.5. The van der Waals surface area contributed by atoms with Gasteiger partial charge >= 0.3 is 6.16 Å². The van der Waals surface area contributed by atoms with Crippen LogP contribution in [0.1, 0.15) is 34.8 Å². The lowest BCUT2D eigenvalue weighted by molar-refractivity contribution is -0.125. The Labute approximate surface area is 188 Å². The van der Waals surface area contributed by atoms with Gasteiger partial charge in [0, 0.05) is 37.8 Å². The predicted octanol–water partition coefficient (Wildman–Crippen LogP) is 3.92. The van der Waals surface area contributed by atoms with Crippen molar-refractivity contribution in [3.8, 4) is 5.75 Å². The topological polar surface area (TPSA) is 76.2 Å². The van der Waals surface area contributed by atoms with E-state index in [2.05, 4.69) is 0 Å². The summed E-state index contributed by atoms with van der Waals surface area (Å²) < 4.78 is 9.76. The van der Waals surface area contributed by atoms with Crippen LogP contribution < -0.4 is 4.74 Å². The van der Waals surface area contributed by atoms with Gasteiger partial charge in [0.2, 0.25) is 5.91 Å². The molecule has 1 aliphatic rings. The van der Waals surface area contributed by atoms with E-state index in [0.717, 1.165) is 11.1 Å². The summed E-state index contributed by atoms with van der Waals surface area (Å²) >= 11 is 0. The van der Waals surface area contributed by atoms with Crippen LogP contribution in [-0.2, 0) is 9.53 Å². The molecule has 0 saturated carbocycles. The summed E-state index contributed by atoms with van der Waals surface area (Å²) in [4.78, 5) is 40.4. The maximum atomic E-state index is 12.9. The van der Waals surface area contributed by atoms with Crippen LogP contribution >= 0.6 is 0 Å². The molecular formula is C25H28N2O5. The molecule has 2 aromatic carbocycles. The molecule has 1 saturated heterocycles. The van der Waals surface area contributed by atoms with Crippen molar-refractivity contribution in [2.24, 2.45) is 0 Å². The van der Waals surface area contributed by atoms with Gasteiger partial charge in [-0.05, 0) is 61.7 Å². The smallest absolute Gasteiger partial charge is 0.434 e. The highest BCUT2D eigenvalue weighted by Gasteiger charge is 2.22. The van der Waals surface area contributed by atoms with Crippen LogP contribution in [0.2, 0.25) is 0 Å². The van der Waals surface area contributed by atoms with Crippen LogP contribution in [0, 0.1) is 6.92 Å². The minimum absolute atomic E-state index is 0.0528. The molecule has 1 aliphatic heterocycles. The number of rotatable bonds is 5. The summed E-state index contributed by atoms with van der Waals surface area (Å²) in [6.07, 6.45) is 3.37. The first kappa shape index (κ1) is 23.1. The van der Waals surface area contributed by atoms with Crippen molar-refractivity contribution in [3.63, 3.8) is 0 Å². The first-order valence-electron chi connectivity index (χ1n) is 10.7. The van der Waals surface area contributed by atoms with Crippen molar-refractivity contribution in [2.75, 3.05) is 32.8 Å². The summed E-state index contributed by atoms with van der Waals surface area (Å²) in [5.74, 6) is 0.147. The third-order valence-electron chi connectivity index (χ3n) is 5.25. The van der Waals surface area contributed by atoms with Crippen molar-refractivity contribution in [3.05, 3.63) is 71.3 Å². The quantitative estimate of drug-likeness (QED) is 0.403. The van der Waals surface area contributed by atoms with E-state index in [4.69, 9.17) is 9.47 Å². The number of amides is 2. The van der Waals surface area contributed by atoms with Gasteiger partial charge in [-0.1, -0.05) is 24.3 Å². The minimum atomic E-state index is -0.777. The molecule has 0 atom stereocenters. The van der Waals surface area contributed by atoms with Crippen LogP contribution in [0.15, 0.2) is 54.6 Å². The van der Waals surface area contributed by atoms with Crippen LogP contribution in [-0.4, -0.2) is 60.6 Å². The molecule has 0 radical (unpaired) electrons. The monoisotopic (exact) mass is 436 g/mol. The molecule has 0 N–H and O–H groups in total. The molecule has 0 spiro atoms. The molecule has 3 rings (SSSR count). The standard InChI is InChI=1S/C25H28N2O5/c1-3-31-25(30)32-22-12-9-21(10-13-22)24(29)27-16-6-15-26(17-18-27)23(28)14-11-20-8-5-4-7-19(20)2/h4-5,7-14H,3,6,15-18H2,1-2H3/b14-11+. The van der Waals surface area contributed by atoms with Gasteiger partial charge in [0.15, 0.2) is 0 Å². The van der Waals surface area contributed by atoms with E-state index in [0.29, 0.717) is 43.9 Å². The lowest BCUT2D eigenvalue weighted by Gasteiger charge is -2.21. The Morgan fingerprint density at radius 1 is 0.938 bits per heavy atom. The van der Waals surface area contributed by atoms with Gasteiger partial charge in [-0.15, -0.1) is 0 Å². The molecule has 1 fully saturated rings. The lowest BCUT2D eigenvalue weighted by Crippen LogP contribution is -2.36. The van der Waals surface area contributed by atoms with Crippen molar-refractivity contribution in [1.29, 1.82) is 0 Å². The molecule has 0 unspecified atom stereocenters. The maximum Gasteiger partial charge on any atom is 0.513 e. The average Bonchev–Trinajstić information content (AvgIpc) is 3.05. The molecule has 7 nitrogen and oxygen atoms in total. The molecule has 0 aliphatic carbocycles. The number of hydrogen-bond acceptors (Lipinski definition) is 5. The van der Waals surface area contributed by atoms with E-state index in [1.54, 1.807) is 47.1 Å². The number of carbonyl (C=O) groups excluding carboxylic acids is 3.